The minimum absolute atomic E-state index is 0.389. The zero-order chi connectivity index (χ0) is 11.8. The number of ether oxygens (including phenoxy) is 1. The van der Waals surface area contributed by atoms with Gasteiger partial charge in [0.1, 0.15) is 12.2 Å². The molecule has 0 aromatic heterocycles. The Hall–Kier alpha value is -0.200. The number of hydrogen-bond donors (Lipinski definition) is 4. The Morgan fingerprint density at radius 1 is 1.07 bits per heavy atom. The predicted octanol–water partition coefficient (Wildman–Crippen LogP) is -0.920. The Morgan fingerprint density at radius 3 is 2.00 bits per heavy atom. The van der Waals surface area contributed by atoms with Gasteiger partial charge in [-0.15, -0.1) is 0 Å². The standard InChI is InChI=1S/C10H20O5/c1-10(2,3)6-8(13)7(12)5(4-11)15-9(6)14/h5-9,11-14H,4H2,1-3H3/t5?,6?,7-,8-,9-/m1/s1. The predicted molar refractivity (Wildman–Crippen MR) is 52.9 cm³/mol. The molecule has 1 fully saturated rings. The van der Waals surface area contributed by atoms with Gasteiger partial charge in [-0.3, -0.25) is 0 Å². The molecule has 1 saturated heterocycles. The molecular weight excluding hydrogens is 200 g/mol. The van der Waals surface area contributed by atoms with Crippen LogP contribution in [0.1, 0.15) is 20.8 Å². The normalized spacial score (nSPS) is 43.0. The summed E-state index contributed by atoms with van der Waals surface area (Å²) in [5, 5.41) is 38.1. The average Bonchev–Trinajstić information content (AvgIpc) is 2.09. The van der Waals surface area contributed by atoms with Gasteiger partial charge in [-0.25, -0.2) is 0 Å². The lowest BCUT2D eigenvalue weighted by Gasteiger charge is -2.45. The van der Waals surface area contributed by atoms with Crippen LogP contribution >= 0.6 is 0 Å². The Morgan fingerprint density at radius 2 is 1.60 bits per heavy atom. The van der Waals surface area contributed by atoms with Crippen LogP contribution in [0.25, 0.3) is 0 Å². The summed E-state index contributed by atoms with van der Waals surface area (Å²) in [7, 11) is 0. The quantitative estimate of drug-likeness (QED) is 0.459. The fourth-order valence-corrected chi connectivity index (χ4v) is 2.04. The fourth-order valence-electron chi connectivity index (χ4n) is 2.04. The largest absolute Gasteiger partial charge is 0.394 e. The van der Waals surface area contributed by atoms with Gasteiger partial charge < -0.3 is 25.2 Å². The molecular formula is C10H20O5. The van der Waals surface area contributed by atoms with Crippen molar-refractivity contribution in [2.45, 2.75) is 45.4 Å². The van der Waals surface area contributed by atoms with E-state index in [1.807, 2.05) is 20.8 Å². The third-order valence-corrected chi connectivity index (χ3v) is 2.90. The van der Waals surface area contributed by atoms with Crippen molar-refractivity contribution in [1.29, 1.82) is 0 Å². The molecule has 15 heavy (non-hydrogen) atoms. The number of aliphatic hydroxyl groups is 4. The first-order chi connectivity index (χ1) is 6.79. The zero-order valence-electron chi connectivity index (χ0n) is 9.29. The molecule has 1 rings (SSSR count). The molecule has 4 N–H and O–H groups in total. The van der Waals surface area contributed by atoms with Gasteiger partial charge in [0.25, 0.3) is 0 Å². The van der Waals surface area contributed by atoms with Gasteiger partial charge in [-0.1, -0.05) is 20.8 Å². The van der Waals surface area contributed by atoms with Crippen LogP contribution in [0, 0.1) is 11.3 Å². The first-order valence-corrected chi connectivity index (χ1v) is 5.09. The van der Waals surface area contributed by atoms with E-state index in [0.29, 0.717) is 0 Å². The molecule has 0 bridgehead atoms. The summed E-state index contributed by atoms with van der Waals surface area (Å²) in [6.07, 6.45) is -4.34. The van der Waals surface area contributed by atoms with Gasteiger partial charge in [0.05, 0.1) is 12.7 Å². The van der Waals surface area contributed by atoms with Crippen LogP contribution in [0.15, 0.2) is 0 Å². The van der Waals surface area contributed by atoms with Crippen LogP contribution in [0.2, 0.25) is 0 Å². The molecule has 0 saturated carbocycles. The molecule has 2 unspecified atom stereocenters. The van der Waals surface area contributed by atoms with Gasteiger partial charge in [0.2, 0.25) is 0 Å². The molecule has 0 aromatic carbocycles. The second-order valence-corrected chi connectivity index (χ2v) is 5.12. The van der Waals surface area contributed by atoms with Crippen molar-refractivity contribution in [3.63, 3.8) is 0 Å². The summed E-state index contributed by atoms with van der Waals surface area (Å²) in [6.45, 7) is 5.12. The maximum atomic E-state index is 9.84. The lowest BCUT2D eigenvalue weighted by molar-refractivity contribution is -0.286. The smallest absolute Gasteiger partial charge is 0.161 e. The minimum atomic E-state index is -1.17. The van der Waals surface area contributed by atoms with E-state index in [-0.39, 0.29) is 5.41 Å². The fraction of sp³-hybridized carbons (Fsp3) is 1.00. The first-order valence-electron chi connectivity index (χ1n) is 5.09. The molecule has 0 aliphatic carbocycles. The summed E-state index contributed by atoms with van der Waals surface area (Å²) in [5.41, 5.74) is -0.389. The molecule has 5 atom stereocenters. The minimum Gasteiger partial charge on any atom is -0.394 e. The molecule has 0 aromatic rings. The van der Waals surface area contributed by atoms with Crippen LogP contribution in [-0.4, -0.2) is 51.6 Å². The summed E-state index contributed by atoms with van der Waals surface area (Å²) < 4.78 is 5.05. The summed E-state index contributed by atoms with van der Waals surface area (Å²) in [4.78, 5) is 0. The summed E-state index contributed by atoms with van der Waals surface area (Å²) in [5.74, 6) is -0.574. The second-order valence-electron chi connectivity index (χ2n) is 5.12. The van der Waals surface area contributed by atoms with Gasteiger partial charge in [0.15, 0.2) is 6.29 Å². The Bertz CT molecular complexity index is 212. The van der Waals surface area contributed by atoms with Gasteiger partial charge >= 0.3 is 0 Å². The maximum absolute atomic E-state index is 9.84. The third kappa shape index (κ3) is 2.49. The first kappa shape index (κ1) is 12.9. The average molecular weight is 220 g/mol. The van der Waals surface area contributed by atoms with E-state index in [9.17, 15) is 15.3 Å². The van der Waals surface area contributed by atoms with E-state index < -0.39 is 37.1 Å². The van der Waals surface area contributed by atoms with Crippen molar-refractivity contribution >= 4 is 0 Å². The van der Waals surface area contributed by atoms with E-state index in [1.54, 1.807) is 0 Å². The second kappa shape index (κ2) is 4.35. The molecule has 0 spiro atoms. The summed E-state index contributed by atoms with van der Waals surface area (Å²) >= 11 is 0. The molecule has 0 radical (unpaired) electrons. The highest BCUT2D eigenvalue weighted by molar-refractivity contribution is 4.93. The van der Waals surface area contributed by atoms with E-state index in [1.165, 1.54) is 0 Å². The topological polar surface area (TPSA) is 90.2 Å². The summed E-state index contributed by atoms with van der Waals surface area (Å²) in [6, 6.07) is 0. The highest BCUT2D eigenvalue weighted by atomic mass is 16.6. The van der Waals surface area contributed by atoms with Gasteiger partial charge in [-0.2, -0.15) is 0 Å². The Labute approximate surface area is 89.3 Å². The molecule has 1 heterocycles. The molecule has 90 valence electrons. The Kier molecular flexibility index (Phi) is 3.73. The molecule has 1 aliphatic heterocycles. The van der Waals surface area contributed by atoms with E-state index >= 15 is 0 Å². The van der Waals surface area contributed by atoms with Crippen molar-refractivity contribution in [3.05, 3.63) is 0 Å². The number of hydrogen-bond acceptors (Lipinski definition) is 5. The number of rotatable bonds is 1. The molecule has 1 aliphatic rings. The van der Waals surface area contributed by atoms with E-state index in [2.05, 4.69) is 0 Å². The highest BCUT2D eigenvalue weighted by Crippen LogP contribution is 2.37. The molecule has 5 nitrogen and oxygen atoms in total. The third-order valence-electron chi connectivity index (χ3n) is 2.90. The SMILES string of the molecule is CC(C)(C)C1[C@H](O)OC(CO)[C@@H](O)[C@@H]1O. The maximum Gasteiger partial charge on any atom is 0.161 e. The molecule has 0 amide bonds. The van der Waals surface area contributed by atoms with E-state index in [4.69, 9.17) is 9.84 Å². The van der Waals surface area contributed by atoms with Crippen molar-refractivity contribution in [2.75, 3.05) is 6.61 Å². The van der Waals surface area contributed by atoms with Crippen molar-refractivity contribution in [2.24, 2.45) is 11.3 Å². The van der Waals surface area contributed by atoms with Crippen molar-refractivity contribution < 1.29 is 25.2 Å². The van der Waals surface area contributed by atoms with Crippen LogP contribution in [-0.2, 0) is 4.74 Å². The lowest BCUT2D eigenvalue weighted by atomic mass is 9.73. The van der Waals surface area contributed by atoms with Crippen LogP contribution in [0.3, 0.4) is 0 Å². The van der Waals surface area contributed by atoms with Crippen LogP contribution in [0.4, 0.5) is 0 Å². The van der Waals surface area contributed by atoms with Gasteiger partial charge in [-0.05, 0) is 5.41 Å². The lowest BCUT2D eigenvalue weighted by Crippen LogP contribution is -2.58. The highest BCUT2D eigenvalue weighted by Gasteiger charge is 2.48. The zero-order valence-corrected chi connectivity index (χ0v) is 9.29. The molecule has 5 heteroatoms. The van der Waals surface area contributed by atoms with E-state index in [0.717, 1.165) is 0 Å². The number of aliphatic hydroxyl groups excluding tert-OH is 4. The van der Waals surface area contributed by atoms with Crippen LogP contribution in [0.5, 0.6) is 0 Å². The monoisotopic (exact) mass is 220 g/mol. The van der Waals surface area contributed by atoms with Crippen LogP contribution < -0.4 is 0 Å². The Balaban J connectivity index is 2.84. The van der Waals surface area contributed by atoms with Gasteiger partial charge in [0, 0.05) is 5.92 Å². The van der Waals surface area contributed by atoms with Crippen molar-refractivity contribution in [3.8, 4) is 0 Å². The van der Waals surface area contributed by atoms with Crippen molar-refractivity contribution in [1.82, 2.24) is 0 Å².